The summed E-state index contributed by atoms with van der Waals surface area (Å²) in [6.07, 6.45) is -3.95. The van der Waals surface area contributed by atoms with E-state index in [2.05, 4.69) is 4.98 Å². The number of aromatic nitrogens is 1. The van der Waals surface area contributed by atoms with Crippen molar-refractivity contribution in [2.75, 3.05) is 0 Å². The van der Waals surface area contributed by atoms with Crippen molar-refractivity contribution < 1.29 is 26.5 Å². The van der Waals surface area contributed by atoms with E-state index < -0.39 is 42.1 Å². The molecule has 2 rings (SSSR count). The third-order valence-electron chi connectivity index (χ3n) is 2.69. The first-order valence-corrected chi connectivity index (χ1v) is 7.13. The van der Waals surface area contributed by atoms with Gasteiger partial charge in [0.15, 0.2) is 6.20 Å². The molecule has 0 spiro atoms. The summed E-state index contributed by atoms with van der Waals surface area (Å²) >= 11 is 0. The highest BCUT2D eigenvalue weighted by atomic mass is 32.2. The first-order valence-electron chi connectivity index (χ1n) is 5.65. The van der Waals surface area contributed by atoms with Crippen molar-refractivity contribution in [2.45, 2.75) is 16.0 Å². The highest BCUT2D eigenvalue weighted by Crippen LogP contribution is 2.31. The number of hydrogen-bond acceptors (Lipinski definition) is 5. The Balaban J connectivity index is 2.49. The fraction of sp³-hybridized carbons (Fsp3) is 0.0833. The second kappa shape index (κ2) is 5.37. The van der Waals surface area contributed by atoms with Gasteiger partial charge in [0.1, 0.15) is 4.90 Å². The molecular weight excluding hydrogens is 325 g/mol. The van der Waals surface area contributed by atoms with Crippen LogP contribution in [0, 0.1) is 10.1 Å². The number of pyridine rings is 1. The minimum absolute atomic E-state index is 0.433. The molecule has 10 heteroatoms. The van der Waals surface area contributed by atoms with E-state index in [1.54, 1.807) is 0 Å². The van der Waals surface area contributed by atoms with E-state index in [0.29, 0.717) is 6.07 Å². The van der Waals surface area contributed by atoms with Gasteiger partial charge < -0.3 is 10.1 Å². The van der Waals surface area contributed by atoms with Crippen molar-refractivity contribution in [1.29, 1.82) is 0 Å². The molecule has 0 saturated carbocycles. The second-order valence-electron chi connectivity index (χ2n) is 4.14. The lowest BCUT2D eigenvalue weighted by Gasteiger charge is -2.08. The van der Waals surface area contributed by atoms with Gasteiger partial charge in [0.2, 0.25) is 9.84 Å². The van der Waals surface area contributed by atoms with Crippen molar-refractivity contribution in [3.05, 3.63) is 58.3 Å². The van der Waals surface area contributed by atoms with E-state index in [-0.39, 0.29) is 0 Å². The molecule has 0 amide bonds. The molecule has 0 aliphatic carbocycles. The smallest absolute Gasteiger partial charge is 0.358 e. The number of rotatable bonds is 3. The maximum atomic E-state index is 12.6. The monoisotopic (exact) mass is 332 g/mol. The van der Waals surface area contributed by atoms with Crippen LogP contribution in [-0.2, 0) is 16.0 Å². The number of benzene rings is 1. The molecule has 1 aromatic heterocycles. The summed E-state index contributed by atoms with van der Waals surface area (Å²) in [5.41, 5.74) is -1.11. The molecule has 0 aliphatic heterocycles. The highest BCUT2D eigenvalue weighted by molar-refractivity contribution is 7.91. The van der Waals surface area contributed by atoms with Gasteiger partial charge in [-0.3, -0.25) is 0 Å². The van der Waals surface area contributed by atoms with E-state index in [1.165, 1.54) is 0 Å². The molecule has 0 N–H and O–H groups in total. The summed E-state index contributed by atoms with van der Waals surface area (Å²) in [4.78, 5) is 12.0. The Bertz CT molecular complexity index is 817. The zero-order chi connectivity index (χ0) is 16.5. The standard InChI is InChI=1S/C12H7F3N2O4S/c13-12(14,15)8-2-1-3-9(6-8)22(20,21)10-4-5-11(16-7-10)17(18)19/h1-7H. The normalized spacial score (nSPS) is 12.1. The number of nitro groups is 1. The van der Waals surface area contributed by atoms with E-state index in [4.69, 9.17) is 0 Å². The van der Waals surface area contributed by atoms with Crippen molar-refractivity contribution in [3.63, 3.8) is 0 Å². The Hall–Kier alpha value is -2.49. The van der Waals surface area contributed by atoms with Gasteiger partial charge in [-0.1, -0.05) is 6.07 Å². The lowest BCUT2D eigenvalue weighted by Crippen LogP contribution is -2.08. The zero-order valence-corrected chi connectivity index (χ0v) is 11.4. The second-order valence-corrected chi connectivity index (χ2v) is 6.09. The van der Waals surface area contributed by atoms with Gasteiger partial charge in [0.05, 0.1) is 10.5 Å². The highest BCUT2D eigenvalue weighted by Gasteiger charge is 2.32. The fourth-order valence-corrected chi connectivity index (χ4v) is 2.87. The number of alkyl halides is 3. The van der Waals surface area contributed by atoms with Crippen molar-refractivity contribution >= 4 is 15.7 Å². The maximum absolute atomic E-state index is 12.6. The lowest BCUT2D eigenvalue weighted by atomic mass is 10.2. The van der Waals surface area contributed by atoms with Crippen molar-refractivity contribution in [1.82, 2.24) is 4.98 Å². The van der Waals surface area contributed by atoms with E-state index in [9.17, 15) is 31.7 Å². The molecule has 0 atom stereocenters. The predicted octanol–water partition coefficient (Wildman–Crippen LogP) is 2.84. The number of sulfone groups is 1. The molecule has 22 heavy (non-hydrogen) atoms. The minimum atomic E-state index is -4.68. The average Bonchev–Trinajstić information content (AvgIpc) is 2.46. The molecule has 116 valence electrons. The fourth-order valence-electron chi connectivity index (χ4n) is 1.62. The third kappa shape index (κ3) is 3.06. The summed E-state index contributed by atoms with van der Waals surface area (Å²) in [5, 5.41) is 10.5. The summed E-state index contributed by atoms with van der Waals surface area (Å²) in [6.45, 7) is 0. The van der Waals surface area contributed by atoms with E-state index in [1.807, 2.05) is 0 Å². The van der Waals surface area contributed by atoms with Crippen LogP contribution >= 0.6 is 0 Å². The molecule has 1 heterocycles. The molecule has 2 aromatic rings. The summed E-state index contributed by atoms with van der Waals surface area (Å²) in [7, 11) is -4.25. The van der Waals surface area contributed by atoms with Gasteiger partial charge in [0.25, 0.3) is 0 Å². The molecular formula is C12H7F3N2O4S. The van der Waals surface area contributed by atoms with Crippen LogP contribution in [0.2, 0.25) is 0 Å². The van der Waals surface area contributed by atoms with Crippen LogP contribution < -0.4 is 0 Å². The third-order valence-corrected chi connectivity index (χ3v) is 4.43. The van der Waals surface area contributed by atoms with E-state index >= 15 is 0 Å². The predicted molar refractivity (Wildman–Crippen MR) is 67.8 cm³/mol. The molecule has 0 fully saturated rings. The van der Waals surface area contributed by atoms with Crippen molar-refractivity contribution in [3.8, 4) is 0 Å². The average molecular weight is 332 g/mol. The Morgan fingerprint density at radius 1 is 1.09 bits per heavy atom. The largest absolute Gasteiger partial charge is 0.416 e. The SMILES string of the molecule is O=[N+]([O-])c1ccc(S(=O)(=O)c2cccc(C(F)(F)F)c2)cn1. The minimum Gasteiger partial charge on any atom is -0.358 e. The summed E-state index contributed by atoms with van der Waals surface area (Å²) in [5.74, 6) is -0.567. The van der Waals surface area contributed by atoms with Gasteiger partial charge in [-0.2, -0.15) is 13.2 Å². The number of nitrogens with zero attached hydrogens (tertiary/aromatic N) is 2. The maximum Gasteiger partial charge on any atom is 0.416 e. The van der Waals surface area contributed by atoms with Crippen LogP contribution in [0.4, 0.5) is 19.0 Å². The topological polar surface area (TPSA) is 90.2 Å². The van der Waals surface area contributed by atoms with Crippen LogP contribution in [0.1, 0.15) is 5.56 Å². The van der Waals surface area contributed by atoms with Crippen LogP contribution in [0.25, 0.3) is 0 Å². The molecule has 0 unspecified atom stereocenters. The zero-order valence-electron chi connectivity index (χ0n) is 10.6. The van der Waals surface area contributed by atoms with Crippen LogP contribution in [0.5, 0.6) is 0 Å². The summed E-state index contributed by atoms with van der Waals surface area (Å²) < 4.78 is 62.3. The number of hydrogen-bond donors (Lipinski definition) is 0. The van der Waals surface area contributed by atoms with Gasteiger partial charge >= 0.3 is 12.0 Å². The molecule has 0 radical (unpaired) electrons. The Kier molecular flexibility index (Phi) is 3.88. The van der Waals surface area contributed by atoms with E-state index in [0.717, 1.165) is 36.5 Å². The van der Waals surface area contributed by atoms with Gasteiger partial charge in [-0.25, -0.2) is 8.42 Å². The van der Waals surface area contributed by atoms with Crippen molar-refractivity contribution in [2.24, 2.45) is 0 Å². The van der Waals surface area contributed by atoms with Gasteiger partial charge in [0, 0.05) is 6.07 Å². The first-order chi connectivity index (χ1) is 10.1. The summed E-state index contributed by atoms with van der Waals surface area (Å²) in [6, 6.07) is 4.99. The Labute approximate surface area is 122 Å². The lowest BCUT2D eigenvalue weighted by molar-refractivity contribution is -0.389. The molecule has 1 aromatic carbocycles. The quantitative estimate of drug-likeness (QED) is 0.637. The van der Waals surface area contributed by atoms with Crippen LogP contribution in [0.3, 0.4) is 0 Å². The van der Waals surface area contributed by atoms with Crippen LogP contribution in [-0.4, -0.2) is 18.3 Å². The first kappa shape index (κ1) is 15.9. The molecule has 0 bridgehead atoms. The Morgan fingerprint density at radius 2 is 1.77 bits per heavy atom. The molecule has 6 nitrogen and oxygen atoms in total. The number of halogens is 3. The van der Waals surface area contributed by atoms with Crippen LogP contribution in [0.15, 0.2) is 52.4 Å². The molecule has 0 aliphatic rings. The van der Waals surface area contributed by atoms with Gasteiger partial charge in [-0.15, -0.1) is 0 Å². The molecule has 0 saturated heterocycles. The Morgan fingerprint density at radius 3 is 2.27 bits per heavy atom. The van der Waals surface area contributed by atoms with Gasteiger partial charge in [-0.05, 0) is 34.2 Å².